The van der Waals surface area contributed by atoms with Crippen LogP contribution in [0.3, 0.4) is 0 Å². The minimum absolute atomic E-state index is 1.03. The Kier molecular flexibility index (Phi) is 2.79. The largest absolute Gasteiger partial charge is 0.353 e. The fourth-order valence-corrected chi connectivity index (χ4v) is 5.22. The maximum Gasteiger partial charge on any atom is 0.0716 e. The van der Waals surface area contributed by atoms with E-state index in [1.54, 1.807) is 0 Å². The molecule has 0 fully saturated rings. The standard InChI is InChI=1S/C23H14N2S/c1-2-10-20-14(6-1)15-11-12-17-16-7-5-8-18(19-9-3-4-13-24-19)22(16)26-23(17)21(15)25-20/h1-13,25H. The molecule has 6 aromatic rings. The molecule has 1 N–H and O–H groups in total. The lowest BCUT2D eigenvalue weighted by atomic mass is 10.1. The second-order valence-electron chi connectivity index (χ2n) is 6.53. The second-order valence-corrected chi connectivity index (χ2v) is 7.56. The fourth-order valence-electron chi connectivity index (χ4n) is 3.90. The molecular weight excluding hydrogens is 336 g/mol. The number of para-hydroxylation sites is 1. The van der Waals surface area contributed by atoms with Gasteiger partial charge < -0.3 is 4.98 Å². The molecule has 0 aliphatic heterocycles. The average molecular weight is 350 g/mol. The summed E-state index contributed by atoms with van der Waals surface area (Å²) in [6.07, 6.45) is 1.86. The van der Waals surface area contributed by atoms with Gasteiger partial charge in [0, 0.05) is 43.5 Å². The van der Waals surface area contributed by atoms with E-state index < -0.39 is 0 Å². The maximum atomic E-state index is 4.57. The van der Waals surface area contributed by atoms with Gasteiger partial charge in [-0.2, -0.15) is 0 Å². The topological polar surface area (TPSA) is 28.7 Å². The normalized spacial score (nSPS) is 11.8. The van der Waals surface area contributed by atoms with E-state index in [-0.39, 0.29) is 0 Å². The molecule has 2 nitrogen and oxygen atoms in total. The third kappa shape index (κ3) is 1.83. The van der Waals surface area contributed by atoms with Crippen molar-refractivity contribution in [1.29, 1.82) is 0 Å². The molecule has 3 aromatic heterocycles. The first-order valence-corrected chi connectivity index (χ1v) is 9.48. The molecule has 6 rings (SSSR count). The Morgan fingerprint density at radius 1 is 0.654 bits per heavy atom. The molecule has 0 saturated carbocycles. The summed E-state index contributed by atoms with van der Waals surface area (Å²) in [6.45, 7) is 0. The summed E-state index contributed by atoms with van der Waals surface area (Å²) in [6, 6.07) is 25.6. The Bertz CT molecular complexity index is 1420. The second kappa shape index (κ2) is 5.16. The lowest BCUT2D eigenvalue weighted by Gasteiger charge is -2.01. The molecule has 0 spiro atoms. The molecule has 0 radical (unpaired) electrons. The maximum absolute atomic E-state index is 4.57. The van der Waals surface area contributed by atoms with E-state index in [9.17, 15) is 0 Å². The van der Waals surface area contributed by atoms with E-state index in [0.29, 0.717) is 0 Å². The average Bonchev–Trinajstić information content (AvgIpc) is 3.27. The van der Waals surface area contributed by atoms with Gasteiger partial charge in [-0.1, -0.05) is 54.6 Å². The van der Waals surface area contributed by atoms with Crippen LogP contribution >= 0.6 is 11.3 Å². The number of thiophene rings is 1. The van der Waals surface area contributed by atoms with E-state index in [1.165, 1.54) is 47.5 Å². The van der Waals surface area contributed by atoms with Crippen LogP contribution in [0.4, 0.5) is 0 Å². The monoisotopic (exact) mass is 350 g/mol. The molecule has 0 saturated heterocycles. The first-order chi connectivity index (χ1) is 12.9. The van der Waals surface area contributed by atoms with Crippen LogP contribution in [-0.2, 0) is 0 Å². The number of nitrogens with one attached hydrogen (secondary N) is 1. The first kappa shape index (κ1) is 14.0. The number of pyridine rings is 1. The van der Waals surface area contributed by atoms with Crippen molar-refractivity contribution in [3.05, 3.63) is 79.0 Å². The summed E-state index contributed by atoms with van der Waals surface area (Å²) in [7, 11) is 0. The highest BCUT2D eigenvalue weighted by Crippen LogP contribution is 2.43. The van der Waals surface area contributed by atoms with Gasteiger partial charge in [0.1, 0.15) is 0 Å². The summed E-state index contributed by atoms with van der Waals surface area (Å²) in [4.78, 5) is 8.20. The van der Waals surface area contributed by atoms with Crippen LogP contribution in [0, 0.1) is 0 Å². The Hall–Kier alpha value is -3.17. The van der Waals surface area contributed by atoms with Gasteiger partial charge in [0.05, 0.1) is 15.9 Å². The molecule has 0 amide bonds. The number of nitrogens with zero attached hydrogens (tertiary/aromatic N) is 1. The summed E-state index contributed by atoms with van der Waals surface area (Å²) in [5.41, 5.74) is 4.65. The van der Waals surface area contributed by atoms with Crippen molar-refractivity contribution in [2.45, 2.75) is 0 Å². The fraction of sp³-hybridized carbons (Fsp3) is 0. The van der Waals surface area contributed by atoms with Crippen molar-refractivity contribution in [3.8, 4) is 11.3 Å². The predicted molar refractivity (Wildman–Crippen MR) is 112 cm³/mol. The molecular formula is C23H14N2S. The highest BCUT2D eigenvalue weighted by atomic mass is 32.1. The van der Waals surface area contributed by atoms with Gasteiger partial charge in [0.15, 0.2) is 0 Å². The van der Waals surface area contributed by atoms with E-state index >= 15 is 0 Å². The van der Waals surface area contributed by atoms with Crippen molar-refractivity contribution < 1.29 is 0 Å². The Morgan fingerprint density at radius 2 is 1.46 bits per heavy atom. The molecule has 0 atom stereocenters. The first-order valence-electron chi connectivity index (χ1n) is 8.66. The minimum Gasteiger partial charge on any atom is -0.353 e. The smallest absolute Gasteiger partial charge is 0.0716 e. The van der Waals surface area contributed by atoms with Crippen molar-refractivity contribution in [1.82, 2.24) is 9.97 Å². The number of aromatic amines is 1. The predicted octanol–water partition coefficient (Wildman–Crippen LogP) is 6.75. The summed E-state index contributed by atoms with van der Waals surface area (Å²) in [5, 5.41) is 5.18. The number of aromatic nitrogens is 2. The van der Waals surface area contributed by atoms with Gasteiger partial charge in [-0.15, -0.1) is 11.3 Å². The minimum atomic E-state index is 1.03. The number of hydrogen-bond acceptors (Lipinski definition) is 2. The Balaban J connectivity index is 1.78. The molecule has 3 aromatic carbocycles. The number of rotatable bonds is 1. The van der Waals surface area contributed by atoms with E-state index in [2.05, 4.69) is 70.6 Å². The number of fused-ring (bicyclic) bond motifs is 7. The lowest BCUT2D eigenvalue weighted by Crippen LogP contribution is -1.81. The summed E-state index contributed by atoms with van der Waals surface area (Å²) in [5.74, 6) is 0. The van der Waals surface area contributed by atoms with Crippen LogP contribution in [0.15, 0.2) is 79.0 Å². The molecule has 122 valence electrons. The van der Waals surface area contributed by atoms with Crippen LogP contribution in [0.25, 0.3) is 53.2 Å². The van der Waals surface area contributed by atoms with Crippen LogP contribution in [0.5, 0.6) is 0 Å². The quantitative estimate of drug-likeness (QED) is 0.349. The van der Waals surface area contributed by atoms with Crippen LogP contribution in [0.2, 0.25) is 0 Å². The van der Waals surface area contributed by atoms with Crippen molar-refractivity contribution in [2.24, 2.45) is 0 Å². The van der Waals surface area contributed by atoms with Crippen LogP contribution < -0.4 is 0 Å². The number of H-pyrrole nitrogens is 1. The van der Waals surface area contributed by atoms with E-state index in [0.717, 1.165) is 5.69 Å². The highest BCUT2D eigenvalue weighted by Gasteiger charge is 2.14. The Morgan fingerprint density at radius 3 is 2.38 bits per heavy atom. The lowest BCUT2D eigenvalue weighted by molar-refractivity contribution is 1.33. The summed E-state index contributed by atoms with van der Waals surface area (Å²) >= 11 is 1.86. The zero-order valence-corrected chi connectivity index (χ0v) is 14.7. The van der Waals surface area contributed by atoms with Gasteiger partial charge in [-0.05, 0) is 18.2 Å². The molecule has 0 bridgehead atoms. The highest BCUT2D eigenvalue weighted by molar-refractivity contribution is 7.27. The zero-order valence-electron chi connectivity index (χ0n) is 13.9. The van der Waals surface area contributed by atoms with E-state index in [4.69, 9.17) is 0 Å². The molecule has 0 aliphatic carbocycles. The molecule has 0 unspecified atom stereocenters. The van der Waals surface area contributed by atoms with Crippen molar-refractivity contribution in [3.63, 3.8) is 0 Å². The molecule has 3 heterocycles. The van der Waals surface area contributed by atoms with Crippen molar-refractivity contribution >= 4 is 53.3 Å². The van der Waals surface area contributed by atoms with Crippen molar-refractivity contribution in [2.75, 3.05) is 0 Å². The SMILES string of the molecule is c1ccc(-c2cccc3c2sc2c3ccc3c4ccccc4[nH]c32)nc1. The zero-order chi connectivity index (χ0) is 17.1. The number of benzene rings is 3. The van der Waals surface area contributed by atoms with Gasteiger partial charge in [0.2, 0.25) is 0 Å². The molecule has 3 heteroatoms. The van der Waals surface area contributed by atoms with Gasteiger partial charge >= 0.3 is 0 Å². The third-order valence-electron chi connectivity index (χ3n) is 5.08. The van der Waals surface area contributed by atoms with Crippen LogP contribution in [-0.4, -0.2) is 9.97 Å². The number of hydrogen-bond donors (Lipinski definition) is 1. The van der Waals surface area contributed by atoms with Gasteiger partial charge in [-0.3, -0.25) is 4.98 Å². The van der Waals surface area contributed by atoms with E-state index in [1.807, 2.05) is 29.7 Å². The van der Waals surface area contributed by atoms with Crippen LogP contribution in [0.1, 0.15) is 0 Å². The molecule has 26 heavy (non-hydrogen) atoms. The third-order valence-corrected chi connectivity index (χ3v) is 6.36. The summed E-state index contributed by atoms with van der Waals surface area (Å²) < 4.78 is 2.62. The Labute approximate surface area is 153 Å². The molecule has 0 aliphatic rings. The van der Waals surface area contributed by atoms with Gasteiger partial charge in [0.25, 0.3) is 0 Å². The van der Waals surface area contributed by atoms with Gasteiger partial charge in [-0.25, -0.2) is 0 Å².